The number of ether oxygens (including phenoxy) is 1. The van der Waals surface area contributed by atoms with Crippen LogP contribution in [0.3, 0.4) is 0 Å². The van der Waals surface area contributed by atoms with Gasteiger partial charge in [0.05, 0.1) is 13.7 Å². The van der Waals surface area contributed by atoms with Gasteiger partial charge in [0.2, 0.25) is 0 Å². The summed E-state index contributed by atoms with van der Waals surface area (Å²) in [6.45, 7) is 1.78. The number of amides is 1. The number of aliphatic hydroxyl groups is 1. The van der Waals surface area contributed by atoms with Crippen LogP contribution in [-0.2, 0) is 16.0 Å². The van der Waals surface area contributed by atoms with Gasteiger partial charge in [0.15, 0.2) is 5.60 Å². The molecule has 102 valence electrons. The van der Waals surface area contributed by atoms with Crippen molar-refractivity contribution in [1.82, 2.24) is 4.90 Å². The number of methoxy groups -OCH3 is 1. The van der Waals surface area contributed by atoms with Gasteiger partial charge in [0.1, 0.15) is 0 Å². The van der Waals surface area contributed by atoms with Crippen molar-refractivity contribution >= 4 is 11.9 Å². The zero-order valence-corrected chi connectivity index (χ0v) is 11.0. The lowest BCUT2D eigenvalue weighted by atomic mass is 9.97. The minimum atomic E-state index is -1.68. The van der Waals surface area contributed by atoms with Gasteiger partial charge >= 0.3 is 5.97 Å². The van der Waals surface area contributed by atoms with E-state index in [2.05, 4.69) is 4.74 Å². The first-order chi connectivity index (χ1) is 8.95. The number of hydrogen-bond donors (Lipinski definition) is 1. The van der Waals surface area contributed by atoms with Gasteiger partial charge in [-0.25, -0.2) is 4.79 Å². The fraction of sp³-hybridized carbons (Fsp3) is 0.429. The molecule has 2 rings (SSSR count). The highest BCUT2D eigenvalue weighted by Gasteiger charge is 2.37. The standard InChI is InChI=1S/C14H17NO4/c1-14(18,13(17)19-2)9-15-8-7-10-5-3-4-6-11(10)12(15)16/h3-6,18H,7-9H2,1-2H3. The van der Waals surface area contributed by atoms with Gasteiger partial charge in [-0.05, 0) is 25.0 Å². The maximum Gasteiger partial charge on any atom is 0.339 e. The summed E-state index contributed by atoms with van der Waals surface area (Å²) in [5.41, 5.74) is -0.0488. The third kappa shape index (κ3) is 2.61. The molecule has 1 aliphatic rings. The fourth-order valence-corrected chi connectivity index (χ4v) is 2.28. The molecule has 0 spiro atoms. The fourth-order valence-electron chi connectivity index (χ4n) is 2.28. The Morgan fingerprint density at radius 1 is 1.47 bits per heavy atom. The number of nitrogens with zero attached hydrogens (tertiary/aromatic N) is 1. The number of hydrogen-bond acceptors (Lipinski definition) is 4. The van der Waals surface area contributed by atoms with E-state index in [-0.39, 0.29) is 12.5 Å². The van der Waals surface area contributed by atoms with E-state index in [0.29, 0.717) is 12.1 Å². The highest BCUT2D eigenvalue weighted by Crippen LogP contribution is 2.20. The molecule has 1 aliphatic heterocycles. The van der Waals surface area contributed by atoms with E-state index < -0.39 is 11.6 Å². The highest BCUT2D eigenvalue weighted by molar-refractivity contribution is 5.97. The molecule has 0 aliphatic carbocycles. The minimum Gasteiger partial charge on any atom is -0.467 e. The van der Waals surface area contributed by atoms with E-state index in [1.165, 1.54) is 18.9 Å². The second-order valence-corrected chi connectivity index (χ2v) is 4.90. The first kappa shape index (κ1) is 13.5. The minimum absolute atomic E-state index is 0.0627. The Morgan fingerprint density at radius 2 is 2.16 bits per heavy atom. The van der Waals surface area contributed by atoms with E-state index in [1.807, 2.05) is 12.1 Å². The molecule has 5 heteroatoms. The van der Waals surface area contributed by atoms with Crippen LogP contribution >= 0.6 is 0 Å². The van der Waals surface area contributed by atoms with Crippen LogP contribution in [-0.4, -0.2) is 47.7 Å². The average molecular weight is 263 g/mol. The molecule has 1 aromatic carbocycles. The Labute approximate surface area is 111 Å². The maximum atomic E-state index is 12.3. The predicted molar refractivity (Wildman–Crippen MR) is 68.7 cm³/mol. The first-order valence-electron chi connectivity index (χ1n) is 6.13. The second-order valence-electron chi connectivity index (χ2n) is 4.90. The first-order valence-corrected chi connectivity index (χ1v) is 6.13. The normalized spacial score (nSPS) is 17.6. The van der Waals surface area contributed by atoms with Gasteiger partial charge in [-0.2, -0.15) is 0 Å². The maximum absolute atomic E-state index is 12.3. The Kier molecular flexibility index (Phi) is 3.57. The molecule has 1 atom stereocenters. The van der Waals surface area contributed by atoms with Gasteiger partial charge in [-0.1, -0.05) is 18.2 Å². The van der Waals surface area contributed by atoms with Crippen molar-refractivity contribution < 1.29 is 19.4 Å². The lowest BCUT2D eigenvalue weighted by molar-refractivity contribution is -0.161. The molecule has 0 aromatic heterocycles. The van der Waals surface area contributed by atoms with Gasteiger partial charge < -0.3 is 14.7 Å². The van der Waals surface area contributed by atoms with E-state index in [4.69, 9.17) is 0 Å². The number of carbonyl (C=O) groups is 2. The van der Waals surface area contributed by atoms with Crippen LogP contribution in [0.2, 0.25) is 0 Å². The summed E-state index contributed by atoms with van der Waals surface area (Å²) < 4.78 is 4.53. The van der Waals surface area contributed by atoms with Crippen LogP contribution in [0.1, 0.15) is 22.8 Å². The molecule has 0 radical (unpaired) electrons. The second kappa shape index (κ2) is 5.01. The molecule has 1 amide bonds. The van der Waals surface area contributed by atoms with Gasteiger partial charge in [-0.3, -0.25) is 4.79 Å². The Bertz CT molecular complexity index is 510. The van der Waals surface area contributed by atoms with E-state index in [0.717, 1.165) is 12.0 Å². The molecule has 0 saturated heterocycles. The molecule has 0 fully saturated rings. The molecule has 1 N–H and O–H groups in total. The van der Waals surface area contributed by atoms with Crippen LogP contribution in [0.15, 0.2) is 24.3 Å². The van der Waals surface area contributed by atoms with Gasteiger partial charge in [-0.15, -0.1) is 0 Å². The van der Waals surface area contributed by atoms with Gasteiger partial charge in [0.25, 0.3) is 5.91 Å². The summed E-state index contributed by atoms with van der Waals surface area (Å²) in [6, 6.07) is 7.38. The monoisotopic (exact) mass is 263 g/mol. The third-order valence-electron chi connectivity index (χ3n) is 3.31. The van der Waals surface area contributed by atoms with E-state index in [9.17, 15) is 14.7 Å². The molecular formula is C14H17NO4. The zero-order valence-electron chi connectivity index (χ0n) is 11.0. The summed E-state index contributed by atoms with van der Waals surface area (Å²) >= 11 is 0. The zero-order chi connectivity index (χ0) is 14.0. The summed E-state index contributed by atoms with van der Waals surface area (Å²) in [7, 11) is 1.21. The number of rotatable bonds is 3. The predicted octanol–water partition coefficient (Wildman–Crippen LogP) is 0.609. The molecule has 1 heterocycles. The largest absolute Gasteiger partial charge is 0.467 e. The van der Waals surface area contributed by atoms with Crippen molar-refractivity contribution in [2.75, 3.05) is 20.2 Å². The van der Waals surface area contributed by atoms with Crippen molar-refractivity contribution in [3.8, 4) is 0 Å². The van der Waals surface area contributed by atoms with Crippen LogP contribution in [0, 0.1) is 0 Å². The highest BCUT2D eigenvalue weighted by atomic mass is 16.5. The number of esters is 1. The molecule has 5 nitrogen and oxygen atoms in total. The van der Waals surface area contributed by atoms with E-state index >= 15 is 0 Å². The topological polar surface area (TPSA) is 66.8 Å². The van der Waals surface area contributed by atoms with Crippen molar-refractivity contribution in [3.05, 3.63) is 35.4 Å². The summed E-state index contributed by atoms with van der Waals surface area (Å²) in [4.78, 5) is 25.2. The summed E-state index contributed by atoms with van der Waals surface area (Å²) in [5.74, 6) is -0.898. The third-order valence-corrected chi connectivity index (χ3v) is 3.31. The number of carbonyl (C=O) groups excluding carboxylic acids is 2. The lowest BCUT2D eigenvalue weighted by Gasteiger charge is -2.33. The van der Waals surface area contributed by atoms with Crippen molar-refractivity contribution in [2.24, 2.45) is 0 Å². The van der Waals surface area contributed by atoms with Crippen LogP contribution in [0.4, 0.5) is 0 Å². The molecule has 1 unspecified atom stereocenters. The number of fused-ring (bicyclic) bond motifs is 1. The van der Waals surface area contributed by atoms with Crippen LogP contribution < -0.4 is 0 Å². The lowest BCUT2D eigenvalue weighted by Crippen LogP contribution is -2.51. The Morgan fingerprint density at radius 3 is 2.84 bits per heavy atom. The quantitative estimate of drug-likeness (QED) is 0.811. The molecule has 0 bridgehead atoms. The van der Waals surface area contributed by atoms with Crippen LogP contribution in [0.5, 0.6) is 0 Å². The van der Waals surface area contributed by atoms with Crippen molar-refractivity contribution in [1.29, 1.82) is 0 Å². The summed E-state index contributed by atoms with van der Waals surface area (Å²) in [5, 5.41) is 10.0. The van der Waals surface area contributed by atoms with E-state index in [1.54, 1.807) is 12.1 Å². The SMILES string of the molecule is COC(=O)C(C)(O)CN1CCc2ccccc2C1=O. The number of β-amino-alcohol motifs (C(OH)–C–C–N with tert-alkyl or cyclic N) is 1. The average Bonchev–Trinajstić information content (AvgIpc) is 2.41. The summed E-state index contributed by atoms with van der Waals surface area (Å²) in [6.07, 6.45) is 0.721. The van der Waals surface area contributed by atoms with Crippen molar-refractivity contribution in [3.63, 3.8) is 0 Å². The van der Waals surface area contributed by atoms with Crippen molar-refractivity contribution in [2.45, 2.75) is 18.9 Å². The number of benzene rings is 1. The Balaban J connectivity index is 2.17. The molecular weight excluding hydrogens is 246 g/mol. The molecule has 1 aromatic rings. The Hall–Kier alpha value is -1.88. The van der Waals surface area contributed by atoms with Gasteiger partial charge in [0, 0.05) is 12.1 Å². The smallest absolute Gasteiger partial charge is 0.339 e. The molecule has 0 saturated carbocycles. The van der Waals surface area contributed by atoms with Crippen LogP contribution in [0.25, 0.3) is 0 Å². The molecule has 19 heavy (non-hydrogen) atoms.